The van der Waals surface area contributed by atoms with Crippen LogP contribution in [0.15, 0.2) is 49.6 Å². The summed E-state index contributed by atoms with van der Waals surface area (Å²) >= 11 is 5.77. The molecular weight excluding hydrogens is 300 g/mol. The normalized spacial score (nSPS) is 9.86. The van der Waals surface area contributed by atoms with Gasteiger partial charge in [-0.1, -0.05) is 23.8 Å². The fraction of sp³-hybridized carbons (Fsp3) is 0.294. The molecule has 1 rings (SSSR count). The molecule has 0 heterocycles. The van der Waals surface area contributed by atoms with Gasteiger partial charge in [0.05, 0.1) is 0 Å². The minimum Gasteiger partial charge on any atom is -0.352 e. The molecule has 0 bridgehead atoms. The van der Waals surface area contributed by atoms with E-state index in [9.17, 15) is 9.59 Å². The van der Waals surface area contributed by atoms with Crippen LogP contribution in [0.1, 0.15) is 23.2 Å². The summed E-state index contributed by atoms with van der Waals surface area (Å²) in [5.74, 6) is -0.140. The monoisotopic (exact) mass is 320 g/mol. The predicted molar refractivity (Wildman–Crippen MR) is 90.0 cm³/mol. The average molecular weight is 321 g/mol. The summed E-state index contributed by atoms with van der Waals surface area (Å²) in [6.07, 6.45) is 4.33. The summed E-state index contributed by atoms with van der Waals surface area (Å²) in [4.78, 5) is 25.5. The van der Waals surface area contributed by atoms with E-state index in [4.69, 9.17) is 11.6 Å². The molecule has 4 nitrogen and oxygen atoms in total. The van der Waals surface area contributed by atoms with Crippen molar-refractivity contribution in [3.63, 3.8) is 0 Å². The summed E-state index contributed by atoms with van der Waals surface area (Å²) in [7, 11) is 0. The highest BCUT2D eigenvalue weighted by atomic mass is 35.5. The molecule has 1 aromatic carbocycles. The third-order valence-electron chi connectivity index (χ3n) is 3.01. The minimum absolute atomic E-state index is 0.0283. The van der Waals surface area contributed by atoms with Crippen molar-refractivity contribution in [2.24, 2.45) is 0 Å². The Labute approximate surface area is 136 Å². The molecule has 0 aliphatic heterocycles. The van der Waals surface area contributed by atoms with Gasteiger partial charge in [0.1, 0.15) is 0 Å². The summed E-state index contributed by atoms with van der Waals surface area (Å²) in [6.45, 7) is 8.71. The van der Waals surface area contributed by atoms with E-state index in [1.54, 1.807) is 41.3 Å². The first-order valence-corrected chi connectivity index (χ1v) is 7.49. The first-order valence-electron chi connectivity index (χ1n) is 7.11. The number of amides is 2. The largest absolute Gasteiger partial charge is 0.352 e. The van der Waals surface area contributed by atoms with Gasteiger partial charge in [0.2, 0.25) is 5.91 Å². The topological polar surface area (TPSA) is 49.4 Å². The summed E-state index contributed by atoms with van der Waals surface area (Å²) in [5, 5.41) is 3.37. The van der Waals surface area contributed by atoms with Gasteiger partial charge in [0.15, 0.2) is 0 Å². The smallest absolute Gasteiger partial charge is 0.251 e. The van der Waals surface area contributed by atoms with E-state index < -0.39 is 0 Å². The number of hydrogen-bond donors (Lipinski definition) is 1. The first-order chi connectivity index (χ1) is 10.6. The Bertz CT molecular complexity index is 516. The third-order valence-corrected chi connectivity index (χ3v) is 3.26. The molecule has 0 aromatic heterocycles. The van der Waals surface area contributed by atoms with E-state index in [1.807, 2.05) is 0 Å². The lowest BCUT2D eigenvalue weighted by Crippen LogP contribution is -2.32. The molecule has 0 saturated heterocycles. The third kappa shape index (κ3) is 6.14. The van der Waals surface area contributed by atoms with Crippen LogP contribution >= 0.6 is 11.6 Å². The van der Waals surface area contributed by atoms with E-state index in [2.05, 4.69) is 18.5 Å². The van der Waals surface area contributed by atoms with Gasteiger partial charge in [-0.2, -0.15) is 0 Å². The highest BCUT2D eigenvalue weighted by Gasteiger charge is 2.10. The van der Waals surface area contributed by atoms with Crippen molar-refractivity contribution < 1.29 is 9.59 Å². The average Bonchev–Trinajstić information content (AvgIpc) is 2.51. The molecule has 0 fully saturated rings. The maximum absolute atomic E-state index is 12.0. The summed E-state index contributed by atoms with van der Waals surface area (Å²) in [5.41, 5.74) is 0.552. The summed E-state index contributed by atoms with van der Waals surface area (Å²) < 4.78 is 0. The van der Waals surface area contributed by atoms with Crippen molar-refractivity contribution >= 4 is 23.4 Å². The number of carbonyl (C=O) groups is 2. The van der Waals surface area contributed by atoms with Gasteiger partial charge in [-0.25, -0.2) is 0 Å². The Kier molecular flexibility index (Phi) is 8.00. The molecule has 1 aromatic rings. The molecule has 0 atom stereocenters. The van der Waals surface area contributed by atoms with Gasteiger partial charge in [0.25, 0.3) is 5.91 Å². The fourth-order valence-corrected chi connectivity index (χ4v) is 2.02. The zero-order chi connectivity index (χ0) is 16.4. The first kappa shape index (κ1) is 18.0. The van der Waals surface area contributed by atoms with E-state index in [1.165, 1.54) is 0 Å². The molecule has 0 aliphatic rings. The zero-order valence-corrected chi connectivity index (χ0v) is 13.3. The number of nitrogens with one attached hydrogen (secondary N) is 1. The number of halogens is 1. The maximum Gasteiger partial charge on any atom is 0.251 e. The molecule has 0 spiro atoms. The Hall–Kier alpha value is -2.07. The van der Waals surface area contributed by atoms with Crippen molar-refractivity contribution in [2.45, 2.75) is 12.8 Å². The van der Waals surface area contributed by atoms with Crippen LogP contribution in [0.3, 0.4) is 0 Å². The van der Waals surface area contributed by atoms with Crippen LogP contribution in [0.25, 0.3) is 0 Å². The van der Waals surface area contributed by atoms with Gasteiger partial charge in [-0.15, -0.1) is 13.2 Å². The molecule has 22 heavy (non-hydrogen) atoms. The van der Waals surface area contributed by atoms with E-state index in [0.29, 0.717) is 43.1 Å². The second-order valence-corrected chi connectivity index (χ2v) is 5.18. The SMILES string of the molecule is C=CCN(CC=C)C(=O)CCCNC(=O)c1ccc(Cl)cc1. The van der Waals surface area contributed by atoms with Crippen LogP contribution in [-0.2, 0) is 4.79 Å². The van der Waals surface area contributed by atoms with E-state index >= 15 is 0 Å². The number of nitrogens with zero attached hydrogens (tertiary/aromatic N) is 1. The van der Waals surface area contributed by atoms with Crippen molar-refractivity contribution in [3.8, 4) is 0 Å². The standard InChI is InChI=1S/C17H21ClN2O2/c1-3-12-20(13-4-2)16(21)6-5-11-19-17(22)14-7-9-15(18)10-8-14/h3-4,7-10H,1-2,5-6,11-13H2,(H,19,22). The van der Waals surface area contributed by atoms with Crippen LogP contribution in [-0.4, -0.2) is 36.3 Å². The molecule has 0 radical (unpaired) electrons. The van der Waals surface area contributed by atoms with Crippen molar-refractivity contribution in [1.29, 1.82) is 0 Å². The van der Waals surface area contributed by atoms with Gasteiger partial charge < -0.3 is 10.2 Å². The van der Waals surface area contributed by atoms with Crippen LogP contribution in [0.2, 0.25) is 5.02 Å². The number of carbonyl (C=O) groups excluding carboxylic acids is 2. The predicted octanol–water partition coefficient (Wildman–Crippen LogP) is 3.05. The molecular formula is C17H21ClN2O2. The summed E-state index contributed by atoms with van der Waals surface area (Å²) in [6, 6.07) is 6.67. The maximum atomic E-state index is 12.0. The Balaban J connectivity index is 2.33. The number of rotatable bonds is 9. The lowest BCUT2D eigenvalue weighted by atomic mass is 10.2. The Morgan fingerprint density at radius 1 is 1.14 bits per heavy atom. The highest BCUT2D eigenvalue weighted by molar-refractivity contribution is 6.30. The van der Waals surface area contributed by atoms with Crippen LogP contribution in [0, 0.1) is 0 Å². The highest BCUT2D eigenvalue weighted by Crippen LogP contribution is 2.09. The van der Waals surface area contributed by atoms with Gasteiger partial charge in [-0.05, 0) is 30.7 Å². The molecule has 2 amide bonds. The van der Waals surface area contributed by atoms with Crippen molar-refractivity contribution in [1.82, 2.24) is 10.2 Å². The molecule has 0 saturated carbocycles. The fourth-order valence-electron chi connectivity index (χ4n) is 1.89. The molecule has 1 N–H and O–H groups in total. The lowest BCUT2D eigenvalue weighted by Gasteiger charge is -2.19. The second-order valence-electron chi connectivity index (χ2n) is 4.74. The Morgan fingerprint density at radius 2 is 1.73 bits per heavy atom. The van der Waals surface area contributed by atoms with Crippen LogP contribution < -0.4 is 5.32 Å². The van der Waals surface area contributed by atoms with E-state index in [-0.39, 0.29) is 11.8 Å². The molecule has 0 aliphatic carbocycles. The van der Waals surface area contributed by atoms with Crippen molar-refractivity contribution in [3.05, 3.63) is 60.2 Å². The zero-order valence-electron chi connectivity index (χ0n) is 12.6. The molecule has 5 heteroatoms. The number of hydrogen-bond acceptors (Lipinski definition) is 2. The van der Waals surface area contributed by atoms with Gasteiger partial charge >= 0.3 is 0 Å². The van der Waals surface area contributed by atoms with Crippen molar-refractivity contribution in [2.75, 3.05) is 19.6 Å². The van der Waals surface area contributed by atoms with E-state index in [0.717, 1.165) is 0 Å². The Morgan fingerprint density at radius 3 is 2.27 bits per heavy atom. The second kappa shape index (κ2) is 9.79. The van der Waals surface area contributed by atoms with Gasteiger partial charge in [-0.3, -0.25) is 9.59 Å². The minimum atomic E-state index is -0.168. The lowest BCUT2D eigenvalue weighted by molar-refractivity contribution is -0.130. The van der Waals surface area contributed by atoms with Crippen LogP contribution in [0.5, 0.6) is 0 Å². The quantitative estimate of drug-likeness (QED) is 0.561. The van der Waals surface area contributed by atoms with Gasteiger partial charge in [0, 0.05) is 36.6 Å². The molecule has 118 valence electrons. The van der Waals surface area contributed by atoms with Crippen LogP contribution in [0.4, 0.5) is 0 Å². The molecule has 0 unspecified atom stereocenters. The number of benzene rings is 1.